The summed E-state index contributed by atoms with van der Waals surface area (Å²) in [4.78, 5) is 22.9. The number of hydrogen-bond donors (Lipinski definition) is 1. The van der Waals surface area contributed by atoms with E-state index in [1.807, 2.05) is 25.3 Å². The molecule has 0 spiro atoms. The number of aromatic nitrogens is 2. The third kappa shape index (κ3) is 3.79. The lowest BCUT2D eigenvalue weighted by atomic mass is 9.94. The van der Waals surface area contributed by atoms with Gasteiger partial charge in [0.05, 0.1) is 6.42 Å². The summed E-state index contributed by atoms with van der Waals surface area (Å²) >= 11 is 0. The van der Waals surface area contributed by atoms with Crippen LogP contribution < -0.4 is 5.32 Å². The van der Waals surface area contributed by atoms with Gasteiger partial charge in [0.1, 0.15) is 0 Å². The average molecular weight is 324 g/mol. The molecule has 0 radical (unpaired) electrons. The smallest absolute Gasteiger partial charge is 0.224 e. The van der Waals surface area contributed by atoms with Gasteiger partial charge in [-0.05, 0) is 61.7 Å². The predicted octanol–water partition coefficient (Wildman–Crippen LogP) is 2.14. The Bertz CT molecular complexity index is 689. The van der Waals surface area contributed by atoms with Crippen LogP contribution in [0.2, 0.25) is 0 Å². The van der Waals surface area contributed by atoms with Crippen molar-refractivity contribution in [3.05, 3.63) is 59.7 Å². The molecule has 1 aliphatic rings. The summed E-state index contributed by atoms with van der Waals surface area (Å²) in [6.07, 6.45) is 8.76. The number of carbonyl (C=O) groups excluding carboxylic acids is 1. The van der Waals surface area contributed by atoms with Crippen molar-refractivity contribution in [2.24, 2.45) is 5.92 Å². The monoisotopic (exact) mass is 324 g/mol. The minimum Gasteiger partial charge on any atom is -0.355 e. The summed E-state index contributed by atoms with van der Waals surface area (Å²) in [6, 6.07) is 6.33. The van der Waals surface area contributed by atoms with Crippen LogP contribution in [0.4, 0.5) is 0 Å². The Balaban J connectivity index is 1.59. The highest BCUT2D eigenvalue weighted by Crippen LogP contribution is 2.35. The van der Waals surface area contributed by atoms with Crippen LogP contribution in [0.1, 0.15) is 29.2 Å². The Morgan fingerprint density at radius 2 is 2.12 bits per heavy atom. The van der Waals surface area contributed by atoms with Gasteiger partial charge in [0.15, 0.2) is 0 Å². The number of nitrogens with zero attached hydrogens (tertiary/aromatic N) is 3. The third-order valence-corrected chi connectivity index (χ3v) is 4.85. The van der Waals surface area contributed by atoms with E-state index in [2.05, 4.69) is 33.3 Å². The maximum absolute atomic E-state index is 12.3. The molecule has 1 saturated heterocycles. The fourth-order valence-corrected chi connectivity index (χ4v) is 3.50. The van der Waals surface area contributed by atoms with Crippen LogP contribution in [0.3, 0.4) is 0 Å². The van der Waals surface area contributed by atoms with E-state index in [-0.39, 0.29) is 5.91 Å². The Labute approximate surface area is 143 Å². The van der Waals surface area contributed by atoms with Gasteiger partial charge in [-0.2, -0.15) is 0 Å². The van der Waals surface area contributed by atoms with Crippen molar-refractivity contribution in [2.75, 3.05) is 20.1 Å². The molecule has 5 nitrogen and oxygen atoms in total. The molecule has 24 heavy (non-hydrogen) atoms. The number of likely N-dealkylation sites (tertiary alicyclic amines) is 1. The highest BCUT2D eigenvalue weighted by atomic mass is 16.1. The fourth-order valence-electron chi connectivity index (χ4n) is 3.50. The molecule has 126 valence electrons. The molecule has 0 aromatic carbocycles. The van der Waals surface area contributed by atoms with Crippen LogP contribution in [-0.4, -0.2) is 40.9 Å². The van der Waals surface area contributed by atoms with E-state index in [0.29, 0.717) is 24.9 Å². The van der Waals surface area contributed by atoms with E-state index in [4.69, 9.17) is 0 Å². The Hall–Kier alpha value is -2.27. The third-order valence-electron chi connectivity index (χ3n) is 4.85. The van der Waals surface area contributed by atoms with Crippen molar-refractivity contribution < 1.29 is 4.79 Å². The summed E-state index contributed by atoms with van der Waals surface area (Å²) in [6.45, 7) is 3.73. The van der Waals surface area contributed by atoms with Gasteiger partial charge in [0, 0.05) is 37.4 Å². The Morgan fingerprint density at radius 1 is 1.29 bits per heavy atom. The second kappa shape index (κ2) is 7.53. The second-order valence-corrected chi connectivity index (χ2v) is 6.54. The van der Waals surface area contributed by atoms with Crippen LogP contribution in [0.15, 0.2) is 43.0 Å². The summed E-state index contributed by atoms with van der Waals surface area (Å²) in [5, 5.41) is 3.11. The standard InChI is InChI=1S/C19H24N4O/c1-14-11-21-8-5-15(14)10-18(24)22-13-17-6-9-23(2)19(17)16-4-3-7-20-12-16/h3-5,7-8,11-12,17,19H,6,9-10,13H2,1-2H3,(H,22,24)/t17-,19-/m0/s1. The topological polar surface area (TPSA) is 58.1 Å². The van der Waals surface area contributed by atoms with E-state index in [0.717, 1.165) is 24.1 Å². The highest BCUT2D eigenvalue weighted by molar-refractivity contribution is 5.78. The normalized spacial score (nSPS) is 20.9. The summed E-state index contributed by atoms with van der Waals surface area (Å²) < 4.78 is 0. The molecule has 1 amide bonds. The van der Waals surface area contributed by atoms with Gasteiger partial charge in [0.2, 0.25) is 5.91 Å². The van der Waals surface area contributed by atoms with Gasteiger partial charge < -0.3 is 5.32 Å². The summed E-state index contributed by atoms with van der Waals surface area (Å²) in [7, 11) is 2.14. The van der Waals surface area contributed by atoms with Crippen LogP contribution in [0, 0.1) is 12.8 Å². The number of pyridine rings is 2. The van der Waals surface area contributed by atoms with Gasteiger partial charge in [-0.3, -0.25) is 19.7 Å². The van der Waals surface area contributed by atoms with Crippen LogP contribution in [-0.2, 0) is 11.2 Å². The molecule has 1 aliphatic heterocycles. The molecule has 0 bridgehead atoms. The zero-order valence-electron chi connectivity index (χ0n) is 14.3. The highest BCUT2D eigenvalue weighted by Gasteiger charge is 2.33. The van der Waals surface area contributed by atoms with Crippen LogP contribution in [0.5, 0.6) is 0 Å². The molecule has 1 N–H and O–H groups in total. The number of aryl methyl sites for hydroxylation is 1. The van der Waals surface area contributed by atoms with Crippen molar-refractivity contribution in [1.29, 1.82) is 0 Å². The van der Waals surface area contributed by atoms with Gasteiger partial charge in [-0.1, -0.05) is 6.07 Å². The van der Waals surface area contributed by atoms with Crippen LogP contribution in [0.25, 0.3) is 0 Å². The van der Waals surface area contributed by atoms with Gasteiger partial charge >= 0.3 is 0 Å². The molecule has 3 heterocycles. The lowest BCUT2D eigenvalue weighted by Gasteiger charge is -2.25. The number of rotatable bonds is 5. The maximum Gasteiger partial charge on any atom is 0.224 e. The zero-order valence-corrected chi connectivity index (χ0v) is 14.3. The first-order valence-corrected chi connectivity index (χ1v) is 8.41. The predicted molar refractivity (Wildman–Crippen MR) is 93.4 cm³/mol. The van der Waals surface area contributed by atoms with Gasteiger partial charge in [-0.15, -0.1) is 0 Å². The van der Waals surface area contributed by atoms with E-state index < -0.39 is 0 Å². The van der Waals surface area contributed by atoms with Crippen molar-refractivity contribution in [1.82, 2.24) is 20.2 Å². The SMILES string of the molecule is Cc1cnccc1CC(=O)NC[C@@H]1CCN(C)[C@H]1c1cccnc1. The quantitative estimate of drug-likeness (QED) is 0.915. The molecule has 0 unspecified atom stereocenters. The van der Waals surface area contributed by atoms with Crippen molar-refractivity contribution in [3.8, 4) is 0 Å². The first-order chi connectivity index (χ1) is 11.6. The zero-order chi connectivity index (χ0) is 16.9. The molecule has 2 aromatic heterocycles. The first-order valence-electron chi connectivity index (χ1n) is 8.41. The first kappa shape index (κ1) is 16.6. The Kier molecular flexibility index (Phi) is 5.20. The van der Waals surface area contributed by atoms with Crippen molar-refractivity contribution in [3.63, 3.8) is 0 Å². The molecule has 0 saturated carbocycles. The lowest BCUT2D eigenvalue weighted by Crippen LogP contribution is -2.33. The van der Waals surface area contributed by atoms with E-state index in [1.165, 1.54) is 5.56 Å². The molecule has 5 heteroatoms. The van der Waals surface area contributed by atoms with Gasteiger partial charge in [-0.25, -0.2) is 0 Å². The molecule has 0 aliphatic carbocycles. The lowest BCUT2D eigenvalue weighted by molar-refractivity contribution is -0.120. The molecule has 1 fully saturated rings. The van der Waals surface area contributed by atoms with Crippen LogP contribution >= 0.6 is 0 Å². The fraction of sp³-hybridized carbons (Fsp3) is 0.421. The minimum atomic E-state index is 0.0730. The van der Waals surface area contributed by atoms with Crippen molar-refractivity contribution >= 4 is 5.91 Å². The largest absolute Gasteiger partial charge is 0.355 e. The maximum atomic E-state index is 12.3. The molecular formula is C19H24N4O. The molecule has 2 aromatic rings. The van der Waals surface area contributed by atoms with Gasteiger partial charge in [0.25, 0.3) is 0 Å². The summed E-state index contributed by atoms with van der Waals surface area (Å²) in [5.41, 5.74) is 3.32. The number of carbonyl (C=O) groups is 1. The number of hydrogen-bond acceptors (Lipinski definition) is 4. The Morgan fingerprint density at radius 3 is 2.88 bits per heavy atom. The average Bonchev–Trinajstić information content (AvgIpc) is 2.96. The second-order valence-electron chi connectivity index (χ2n) is 6.54. The van der Waals surface area contributed by atoms with E-state index in [1.54, 1.807) is 18.6 Å². The number of nitrogens with one attached hydrogen (secondary N) is 1. The van der Waals surface area contributed by atoms with Crippen molar-refractivity contribution in [2.45, 2.75) is 25.8 Å². The molecule has 2 atom stereocenters. The van der Waals surface area contributed by atoms with E-state index in [9.17, 15) is 4.79 Å². The molecular weight excluding hydrogens is 300 g/mol. The van der Waals surface area contributed by atoms with E-state index >= 15 is 0 Å². The summed E-state index contributed by atoms with van der Waals surface area (Å²) in [5.74, 6) is 0.491. The molecule has 3 rings (SSSR count). The minimum absolute atomic E-state index is 0.0730. The number of amides is 1.